The fourth-order valence-electron chi connectivity index (χ4n) is 3.00. The Morgan fingerprint density at radius 2 is 1.75 bits per heavy atom. The Hall–Kier alpha value is -3.18. The average Bonchev–Trinajstić information content (AvgIpc) is 2.79. The zero-order valence-electron chi connectivity index (χ0n) is 17.3. The molecule has 0 saturated heterocycles. The van der Waals surface area contributed by atoms with Crippen molar-refractivity contribution in [1.29, 1.82) is 0 Å². The molecule has 1 N–H and O–H groups in total. The average molecular weight is 464 g/mol. The smallest absolute Gasteiger partial charge is 0.306 e. The number of nitro groups is 1. The fraction of sp³-hybridized carbons (Fsp3) is 0.381. The third-order valence-electron chi connectivity index (χ3n) is 4.72. The minimum absolute atomic E-state index is 0.0234. The lowest BCUT2D eigenvalue weighted by Gasteiger charge is -2.18. The number of esters is 1. The summed E-state index contributed by atoms with van der Waals surface area (Å²) in [6.07, 6.45) is 1.99. The Balaban J connectivity index is 1.32. The van der Waals surface area contributed by atoms with E-state index in [0.717, 1.165) is 0 Å². The summed E-state index contributed by atoms with van der Waals surface area (Å²) in [5.74, 6) is 0.558. The lowest BCUT2D eigenvalue weighted by molar-refractivity contribution is -0.384. The summed E-state index contributed by atoms with van der Waals surface area (Å²) in [7, 11) is -3.66. The van der Waals surface area contributed by atoms with Gasteiger partial charge >= 0.3 is 5.97 Å². The van der Waals surface area contributed by atoms with Crippen molar-refractivity contribution >= 4 is 21.7 Å². The summed E-state index contributed by atoms with van der Waals surface area (Å²) in [6.45, 7) is 1.10. The number of nitro benzene ring substituents is 1. The number of ether oxygens (including phenoxy) is 3. The third kappa shape index (κ3) is 6.66. The van der Waals surface area contributed by atoms with Gasteiger partial charge < -0.3 is 14.2 Å². The molecule has 1 heterocycles. The maximum atomic E-state index is 12.4. The number of carbonyl (C=O) groups is 1. The van der Waals surface area contributed by atoms with E-state index < -0.39 is 14.9 Å². The van der Waals surface area contributed by atoms with Gasteiger partial charge in [0, 0.05) is 31.2 Å². The molecule has 0 aromatic heterocycles. The minimum Gasteiger partial charge on any atom is -0.486 e. The van der Waals surface area contributed by atoms with Crippen LogP contribution in [0.2, 0.25) is 0 Å². The minimum atomic E-state index is -3.66. The normalized spacial score (nSPS) is 12.9. The summed E-state index contributed by atoms with van der Waals surface area (Å²) in [5, 5.41) is 10.6. The van der Waals surface area contributed by atoms with Crippen LogP contribution in [0, 0.1) is 10.1 Å². The maximum absolute atomic E-state index is 12.4. The van der Waals surface area contributed by atoms with Crippen molar-refractivity contribution in [2.75, 3.05) is 19.8 Å². The van der Waals surface area contributed by atoms with Gasteiger partial charge in [-0.15, -0.1) is 0 Å². The molecule has 0 atom stereocenters. The topological polar surface area (TPSA) is 134 Å². The van der Waals surface area contributed by atoms with Crippen LogP contribution in [0.15, 0.2) is 47.4 Å². The van der Waals surface area contributed by atoms with Gasteiger partial charge in [0.25, 0.3) is 5.69 Å². The van der Waals surface area contributed by atoms with Crippen LogP contribution in [0.25, 0.3) is 0 Å². The molecule has 10 nitrogen and oxygen atoms in total. The second kappa shape index (κ2) is 10.9. The van der Waals surface area contributed by atoms with Crippen molar-refractivity contribution in [2.24, 2.45) is 0 Å². The molecule has 2 aromatic carbocycles. The van der Waals surface area contributed by atoms with Crippen LogP contribution < -0.4 is 14.2 Å². The molecule has 172 valence electrons. The molecule has 0 saturated carbocycles. The molecular formula is C21H24N2O8S. The van der Waals surface area contributed by atoms with E-state index in [4.69, 9.17) is 14.2 Å². The number of non-ortho nitro benzene ring substituents is 1. The molecule has 1 aliphatic rings. The zero-order chi connectivity index (χ0) is 23.0. The van der Waals surface area contributed by atoms with Gasteiger partial charge in [-0.3, -0.25) is 14.9 Å². The number of carbonyl (C=O) groups excluding carboxylic acids is 1. The Bertz CT molecular complexity index is 1050. The number of hydrogen-bond donors (Lipinski definition) is 1. The first-order valence-electron chi connectivity index (χ1n) is 10.1. The van der Waals surface area contributed by atoms with Crippen LogP contribution in [0.4, 0.5) is 5.69 Å². The lowest BCUT2D eigenvalue weighted by atomic mass is 10.2. The number of nitrogens with one attached hydrogen (secondary N) is 1. The first kappa shape index (κ1) is 23.5. The second-order valence-electron chi connectivity index (χ2n) is 7.10. The standard InChI is InChI=1S/C21H24N2O8S/c24-21(31-15-16-5-7-17(8-6-16)23(25)26)4-2-1-3-11-22-32(27,28)18-9-10-19-20(14-18)30-13-12-29-19/h5-10,14,22H,1-4,11-13,15H2. The van der Waals surface area contributed by atoms with E-state index in [2.05, 4.69) is 4.72 Å². The first-order chi connectivity index (χ1) is 15.3. The largest absolute Gasteiger partial charge is 0.486 e. The molecule has 0 unspecified atom stereocenters. The van der Waals surface area contributed by atoms with Gasteiger partial charge in [-0.2, -0.15) is 0 Å². The highest BCUT2D eigenvalue weighted by atomic mass is 32.2. The third-order valence-corrected chi connectivity index (χ3v) is 6.18. The number of nitrogens with zero attached hydrogens (tertiary/aromatic N) is 1. The van der Waals surface area contributed by atoms with Crippen molar-refractivity contribution in [3.63, 3.8) is 0 Å². The van der Waals surface area contributed by atoms with E-state index in [9.17, 15) is 23.3 Å². The highest BCUT2D eigenvalue weighted by Crippen LogP contribution is 2.32. The maximum Gasteiger partial charge on any atom is 0.306 e. The molecule has 0 amide bonds. The molecular weight excluding hydrogens is 440 g/mol. The zero-order valence-corrected chi connectivity index (χ0v) is 18.1. The Morgan fingerprint density at radius 1 is 1.03 bits per heavy atom. The molecule has 0 spiro atoms. The predicted octanol–water partition coefficient (Wildman–Crippen LogP) is 2.95. The number of fused-ring (bicyclic) bond motifs is 1. The quantitative estimate of drug-likeness (QED) is 0.232. The van der Waals surface area contributed by atoms with E-state index in [1.54, 1.807) is 18.2 Å². The summed E-state index contributed by atoms with van der Waals surface area (Å²) < 4.78 is 43.3. The van der Waals surface area contributed by atoms with Crippen LogP contribution in [0.1, 0.15) is 31.2 Å². The van der Waals surface area contributed by atoms with E-state index in [-0.39, 0.29) is 36.1 Å². The number of rotatable bonds is 11. The van der Waals surface area contributed by atoms with Gasteiger partial charge in [0.15, 0.2) is 11.5 Å². The van der Waals surface area contributed by atoms with Crippen LogP contribution >= 0.6 is 0 Å². The van der Waals surface area contributed by atoms with Crippen LogP contribution in [0.3, 0.4) is 0 Å². The second-order valence-corrected chi connectivity index (χ2v) is 8.87. The lowest BCUT2D eigenvalue weighted by Crippen LogP contribution is -2.25. The Labute approximate surface area is 185 Å². The number of benzene rings is 2. The molecule has 0 aliphatic carbocycles. The van der Waals surface area contributed by atoms with Crippen molar-refractivity contribution in [3.05, 3.63) is 58.1 Å². The molecule has 1 aliphatic heterocycles. The summed E-state index contributed by atoms with van der Waals surface area (Å²) in [6, 6.07) is 10.3. The van der Waals surface area contributed by atoms with Crippen LogP contribution in [0.5, 0.6) is 11.5 Å². The summed E-state index contributed by atoms with van der Waals surface area (Å²) in [5.41, 5.74) is 0.641. The van der Waals surface area contributed by atoms with Gasteiger partial charge in [-0.25, -0.2) is 13.1 Å². The Morgan fingerprint density at radius 3 is 2.47 bits per heavy atom. The van der Waals surface area contributed by atoms with E-state index >= 15 is 0 Å². The highest BCUT2D eigenvalue weighted by molar-refractivity contribution is 7.89. The molecule has 0 fully saturated rings. The molecule has 3 rings (SSSR count). The van der Waals surface area contributed by atoms with E-state index in [1.165, 1.54) is 24.3 Å². The molecule has 11 heteroatoms. The molecule has 32 heavy (non-hydrogen) atoms. The fourth-order valence-corrected chi connectivity index (χ4v) is 4.09. The number of sulfonamides is 1. The van der Waals surface area contributed by atoms with Gasteiger partial charge in [0.2, 0.25) is 10.0 Å². The van der Waals surface area contributed by atoms with Gasteiger partial charge in [-0.05, 0) is 42.7 Å². The SMILES string of the molecule is O=C(CCCCCNS(=O)(=O)c1ccc2c(c1)OCCO2)OCc1ccc([N+](=O)[O-])cc1. The molecule has 0 bridgehead atoms. The first-order valence-corrected chi connectivity index (χ1v) is 11.6. The van der Waals surface area contributed by atoms with Gasteiger partial charge in [0.1, 0.15) is 19.8 Å². The van der Waals surface area contributed by atoms with E-state index in [0.29, 0.717) is 49.5 Å². The van der Waals surface area contributed by atoms with Crippen molar-refractivity contribution < 1.29 is 32.3 Å². The Kier molecular flexibility index (Phi) is 8.01. The highest BCUT2D eigenvalue weighted by Gasteiger charge is 2.19. The number of hydrogen-bond acceptors (Lipinski definition) is 8. The molecule has 0 radical (unpaired) electrons. The summed E-state index contributed by atoms with van der Waals surface area (Å²) >= 11 is 0. The molecule has 2 aromatic rings. The van der Waals surface area contributed by atoms with Crippen LogP contribution in [-0.4, -0.2) is 39.1 Å². The monoisotopic (exact) mass is 464 g/mol. The van der Waals surface area contributed by atoms with Crippen molar-refractivity contribution in [1.82, 2.24) is 4.72 Å². The van der Waals surface area contributed by atoms with E-state index in [1.807, 2.05) is 0 Å². The van der Waals surface area contributed by atoms with Crippen molar-refractivity contribution in [2.45, 2.75) is 37.2 Å². The van der Waals surface area contributed by atoms with Crippen LogP contribution in [-0.2, 0) is 26.2 Å². The van der Waals surface area contributed by atoms with Gasteiger partial charge in [0.05, 0.1) is 9.82 Å². The number of unbranched alkanes of at least 4 members (excludes halogenated alkanes) is 2. The van der Waals surface area contributed by atoms with Crippen molar-refractivity contribution in [3.8, 4) is 11.5 Å². The van der Waals surface area contributed by atoms with Gasteiger partial charge in [-0.1, -0.05) is 6.42 Å². The predicted molar refractivity (Wildman–Crippen MR) is 114 cm³/mol. The summed E-state index contributed by atoms with van der Waals surface area (Å²) in [4.78, 5) is 22.1.